The lowest BCUT2D eigenvalue weighted by atomic mass is 10.1. The van der Waals surface area contributed by atoms with E-state index in [0.29, 0.717) is 13.0 Å². The number of rotatable bonds is 2. The maximum Gasteiger partial charge on any atom is 0.269 e. The second-order valence-electron chi connectivity index (χ2n) is 4.46. The summed E-state index contributed by atoms with van der Waals surface area (Å²) in [6.07, 6.45) is 0.690. The molecule has 1 aliphatic rings. The third-order valence-electron chi connectivity index (χ3n) is 2.93. The number of anilines is 1. The Bertz CT molecular complexity index is 483. The predicted molar refractivity (Wildman–Crippen MR) is 64.0 cm³/mol. The molecular formula is C12H14N2O3. The zero-order valence-corrected chi connectivity index (χ0v) is 9.84. The molecule has 0 N–H and O–H groups in total. The van der Waals surface area contributed by atoms with Gasteiger partial charge < -0.3 is 4.90 Å². The molecule has 0 saturated carbocycles. The molecule has 0 fully saturated rings. The number of benzene rings is 1. The van der Waals surface area contributed by atoms with Crippen molar-refractivity contribution in [2.75, 3.05) is 11.4 Å². The fourth-order valence-corrected chi connectivity index (χ4v) is 2.04. The van der Waals surface area contributed by atoms with Crippen LogP contribution in [-0.2, 0) is 11.2 Å². The van der Waals surface area contributed by atoms with Crippen molar-refractivity contribution in [3.05, 3.63) is 33.9 Å². The molecule has 17 heavy (non-hydrogen) atoms. The molecule has 0 aromatic heterocycles. The van der Waals surface area contributed by atoms with Gasteiger partial charge in [0.15, 0.2) is 0 Å². The highest BCUT2D eigenvalue weighted by molar-refractivity contribution is 5.96. The Morgan fingerprint density at radius 2 is 2.18 bits per heavy atom. The van der Waals surface area contributed by atoms with Crippen molar-refractivity contribution < 1.29 is 9.72 Å². The molecule has 0 unspecified atom stereocenters. The molecule has 2 rings (SSSR count). The first-order chi connectivity index (χ1) is 8.00. The first kappa shape index (κ1) is 11.6. The molecule has 5 heteroatoms. The van der Waals surface area contributed by atoms with Crippen LogP contribution in [0.3, 0.4) is 0 Å². The van der Waals surface area contributed by atoms with Crippen molar-refractivity contribution in [2.24, 2.45) is 5.92 Å². The van der Waals surface area contributed by atoms with Crippen LogP contribution in [0.5, 0.6) is 0 Å². The van der Waals surface area contributed by atoms with Crippen LogP contribution < -0.4 is 4.90 Å². The maximum absolute atomic E-state index is 11.9. The van der Waals surface area contributed by atoms with Crippen molar-refractivity contribution in [3.63, 3.8) is 0 Å². The summed E-state index contributed by atoms with van der Waals surface area (Å²) < 4.78 is 0. The van der Waals surface area contributed by atoms with E-state index in [2.05, 4.69) is 0 Å². The van der Waals surface area contributed by atoms with E-state index < -0.39 is 4.92 Å². The lowest BCUT2D eigenvalue weighted by Crippen LogP contribution is -2.32. The molecule has 0 aliphatic carbocycles. The lowest BCUT2D eigenvalue weighted by Gasteiger charge is -2.19. The van der Waals surface area contributed by atoms with Gasteiger partial charge in [-0.1, -0.05) is 13.8 Å². The van der Waals surface area contributed by atoms with Gasteiger partial charge in [-0.15, -0.1) is 0 Å². The molecule has 0 bridgehead atoms. The van der Waals surface area contributed by atoms with Gasteiger partial charge in [0, 0.05) is 30.3 Å². The molecule has 1 aromatic rings. The predicted octanol–water partition coefficient (Wildman–Crippen LogP) is 2.14. The number of non-ortho nitro benzene ring substituents is 1. The molecule has 1 heterocycles. The van der Waals surface area contributed by atoms with Crippen LogP contribution in [0.1, 0.15) is 19.4 Å². The van der Waals surface area contributed by atoms with E-state index in [0.717, 1.165) is 11.3 Å². The summed E-state index contributed by atoms with van der Waals surface area (Å²) >= 11 is 0. The lowest BCUT2D eigenvalue weighted by molar-refractivity contribution is -0.384. The van der Waals surface area contributed by atoms with E-state index in [1.54, 1.807) is 17.0 Å². The van der Waals surface area contributed by atoms with E-state index in [-0.39, 0.29) is 17.5 Å². The Morgan fingerprint density at radius 1 is 1.47 bits per heavy atom. The Balaban J connectivity index is 2.34. The molecular weight excluding hydrogens is 220 g/mol. The second kappa shape index (κ2) is 4.16. The number of fused-ring (bicyclic) bond motifs is 1. The molecule has 1 aromatic carbocycles. The van der Waals surface area contributed by atoms with Gasteiger partial charge in [-0.25, -0.2) is 0 Å². The summed E-state index contributed by atoms with van der Waals surface area (Å²) in [7, 11) is 0. The highest BCUT2D eigenvalue weighted by Crippen LogP contribution is 2.31. The van der Waals surface area contributed by atoms with E-state index in [4.69, 9.17) is 0 Å². The first-order valence-corrected chi connectivity index (χ1v) is 5.59. The number of hydrogen-bond donors (Lipinski definition) is 0. The molecule has 0 atom stereocenters. The van der Waals surface area contributed by atoms with Crippen LogP contribution in [0.4, 0.5) is 11.4 Å². The molecule has 1 aliphatic heterocycles. The average molecular weight is 234 g/mol. The van der Waals surface area contributed by atoms with Crippen LogP contribution in [0.15, 0.2) is 18.2 Å². The summed E-state index contributed by atoms with van der Waals surface area (Å²) in [4.78, 5) is 23.9. The second-order valence-corrected chi connectivity index (χ2v) is 4.46. The summed E-state index contributed by atoms with van der Waals surface area (Å²) in [5.74, 6) is 0.00810. The van der Waals surface area contributed by atoms with Crippen LogP contribution in [-0.4, -0.2) is 17.4 Å². The minimum Gasteiger partial charge on any atom is -0.312 e. The first-order valence-electron chi connectivity index (χ1n) is 5.59. The fraction of sp³-hybridized carbons (Fsp3) is 0.417. The maximum atomic E-state index is 11.9. The van der Waals surface area contributed by atoms with Gasteiger partial charge in [0.25, 0.3) is 5.69 Å². The number of nitrogens with zero attached hydrogens (tertiary/aromatic N) is 2. The van der Waals surface area contributed by atoms with Gasteiger partial charge in [0.1, 0.15) is 0 Å². The summed E-state index contributed by atoms with van der Waals surface area (Å²) in [6.45, 7) is 4.32. The monoisotopic (exact) mass is 234 g/mol. The number of nitro benzene ring substituents is 1. The average Bonchev–Trinajstić information content (AvgIpc) is 2.70. The quantitative estimate of drug-likeness (QED) is 0.581. The van der Waals surface area contributed by atoms with Gasteiger partial charge in [0.05, 0.1) is 4.92 Å². The van der Waals surface area contributed by atoms with Gasteiger partial charge in [-0.2, -0.15) is 0 Å². The normalized spacial score (nSPS) is 13.9. The van der Waals surface area contributed by atoms with E-state index in [9.17, 15) is 14.9 Å². The van der Waals surface area contributed by atoms with Crippen LogP contribution in [0.25, 0.3) is 0 Å². The standard InChI is InChI=1S/C12H14N2O3/c1-8(2)12(15)13-6-5-9-7-10(14(16)17)3-4-11(9)13/h3-4,7-8H,5-6H2,1-2H3. The van der Waals surface area contributed by atoms with Gasteiger partial charge in [0.2, 0.25) is 5.91 Å². The molecule has 1 amide bonds. The zero-order valence-electron chi connectivity index (χ0n) is 9.84. The van der Waals surface area contributed by atoms with Crippen molar-refractivity contribution in [1.29, 1.82) is 0 Å². The smallest absolute Gasteiger partial charge is 0.269 e. The number of nitro groups is 1. The highest BCUT2D eigenvalue weighted by Gasteiger charge is 2.27. The molecule has 90 valence electrons. The minimum absolute atomic E-state index is 0.0591. The number of hydrogen-bond acceptors (Lipinski definition) is 3. The van der Waals surface area contributed by atoms with Crippen molar-refractivity contribution in [2.45, 2.75) is 20.3 Å². The molecule has 0 radical (unpaired) electrons. The molecule has 5 nitrogen and oxygen atoms in total. The van der Waals surface area contributed by atoms with Gasteiger partial charge in [-0.3, -0.25) is 14.9 Å². The number of carbonyl (C=O) groups excluding carboxylic acids is 1. The largest absolute Gasteiger partial charge is 0.312 e. The Hall–Kier alpha value is -1.91. The highest BCUT2D eigenvalue weighted by atomic mass is 16.6. The fourth-order valence-electron chi connectivity index (χ4n) is 2.04. The summed E-state index contributed by atoms with van der Waals surface area (Å²) in [5, 5.41) is 10.6. The van der Waals surface area contributed by atoms with Crippen molar-refractivity contribution in [3.8, 4) is 0 Å². The third-order valence-corrected chi connectivity index (χ3v) is 2.93. The Labute approximate surface area is 99.2 Å². The number of carbonyl (C=O) groups is 1. The van der Waals surface area contributed by atoms with Crippen LogP contribution >= 0.6 is 0 Å². The SMILES string of the molecule is CC(C)C(=O)N1CCc2cc([N+](=O)[O-])ccc21. The molecule has 0 saturated heterocycles. The summed E-state index contributed by atoms with van der Waals surface area (Å²) in [5.41, 5.74) is 1.78. The van der Waals surface area contributed by atoms with Crippen LogP contribution in [0.2, 0.25) is 0 Å². The number of amides is 1. The van der Waals surface area contributed by atoms with Crippen molar-refractivity contribution in [1.82, 2.24) is 0 Å². The topological polar surface area (TPSA) is 63.5 Å². The molecule has 0 spiro atoms. The van der Waals surface area contributed by atoms with E-state index >= 15 is 0 Å². The van der Waals surface area contributed by atoms with E-state index in [1.165, 1.54) is 6.07 Å². The van der Waals surface area contributed by atoms with Crippen LogP contribution in [0, 0.1) is 16.0 Å². The minimum atomic E-state index is -0.410. The zero-order chi connectivity index (χ0) is 12.6. The van der Waals surface area contributed by atoms with Gasteiger partial charge >= 0.3 is 0 Å². The third kappa shape index (κ3) is 2.00. The van der Waals surface area contributed by atoms with E-state index in [1.807, 2.05) is 13.8 Å². The van der Waals surface area contributed by atoms with Gasteiger partial charge in [-0.05, 0) is 18.1 Å². The Morgan fingerprint density at radius 3 is 2.76 bits per heavy atom. The summed E-state index contributed by atoms with van der Waals surface area (Å²) in [6, 6.07) is 4.68. The van der Waals surface area contributed by atoms with Crippen molar-refractivity contribution >= 4 is 17.3 Å². The Kier molecular flexibility index (Phi) is 2.83.